The van der Waals surface area contributed by atoms with Gasteiger partial charge in [-0.2, -0.15) is 0 Å². The molecule has 0 N–H and O–H groups in total. The predicted octanol–water partition coefficient (Wildman–Crippen LogP) is -4.40. The normalized spacial score (nSPS) is 10.2. The third-order valence-electron chi connectivity index (χ3n) is 0. The van der Waals surface area contributed by atoms with Crippen LogP contribution in [-0.2, 0) is 52.9 Å². The Bertz CT molecular complexity index is 343. The summed E-state index contributed by atoms with van der Waals surface area (Å²) in [6.07, 6.45) is 0. The van der Waals surface area contributed by atoms with E-state index in [1.54, 1.807) is 0 Å². The monoisotopic (exact) mass is 424 g/mol. The second-order valence-corrected chi connectivity index (χ2v) is 3.67. The molecular weight excluding hydrogens is 424 g/mol. The summed E-state index contributed by atoms with van der Waals surface area (Å²) in [6.45, 7) is 0. The zero-order valence-electron chi connectivity index (χ0n) is 7.33. The Morgan fingerprint density at radius 3 is 0.471 bits per heavy atom. The molecule has 0 heterocycles. The van der Waals surface area contributed by atoms with Crippen LogP contribution < -0.4 is 0 Å². The van der Waals surface area contributed by atoms with E-state index in [0.717, 1.165) is 0 Å². The van der Waals surface area contributed by atoms with Crippen molar-refractivity contribution >= 4 is 76.7 Å². The molecule has 12 nitrogen and oxygen atoms in total. The average molecular weight is 424 g/mol. The summed E-state index contributed by atoms with van der Waals surface area (Å²) in [7, 11) is -15.5. The fourth-order valence-electron chi connectivity index (χ4n) is 0. The van der Waals surface area contributed by atoms with Crippen LogP contribution in [0.15, 0.2) is 0 Å². The zero-order chi connectivity index (χ0) is 13.5. The molecular formula is O12S3SrTi. The van der Waals surface area contributed by atoms with E-state index in [2.05, 4.69) is 0 Å². The first-order valence-electron chi connectivity index (χ1n) is 2.00. The van der Waals surface area contributed by atoms with Crippen LogP contribution in [0.5, 0.6) is 0 Å². The van der Waals surface area contributed by atoms with Gasteiger partial charge in [0.15, 0.2) is 0 Å². The van der Waals surface area contributed by atoms with E-state index < -0.39 is 31.2 Å². The third-order valence-corrected chi connectivity index (χ3v) is 0. The van der Waals surface area contributed by atoms with Gasteiger partial charge in [-0.3, -0.25) is 25.3 Å². The molecule has 0 aliphatic rings. The standard InChI is InChI=1S/3H2O4S.Sr.Ti/c3*1-5(2,3)4;;/h3*(H2,1,2,3,4);;/q;;;+2;+4/p-6. The second kappa shape index (κ2) is 12.8. The fourth-order valence-corrected chi connectivity index (χ4v) is 0. The summed E-state index contributed by atoms with van der Waals surface area (Å²) in [5, 5.41) is 0. The predicted molar refractivity (Wildman–Crippen MR) is 37.2 cm³/mol. The maximum atomic E-state index is 8.52. The second-order valence-electron chi connectivity index (χ2n) is 1.22. The molecule has 0 aliphatic carbocycles. The van der Waals surface area contributed by atoms with Gasteiger partial charge >= 0.3 is 67.2 Å². The maximum Gasteiger partial charge on any atom is 4.00 e. The minimum absolute atomic E-state index is 0. The number of hydrogen-bond donors (Lipinski definition) is 0. The summed E-state index contributed by atoms with van der Waals surface area (Å²) in [5.41, 5.74) is 0. The molecule has 0 amide bonds. The first-order chi connectivity index (χ1) is 6.00. The Morgan fingerprint density at radius 1 is 0.471 bits per heavy atom. The first kappa shape index (κ1) is 31.3. The van der Waals surface area contributed by atoms with E-state index in [1.807, 2.05) is 0 Å². The van der Waals surface area contributed by atoms with Gasteiger partial charge in [-0.1, -0.05) is 0 Å². The SMILES string of the molecule is O=S(=O)([O-])[O-].O=S(=O)([O-])[O-].O=S(=O)([O-])[O-].[Sr+2].[Ti+4]. The zero-order valence-corrected chi connectivity index (χ0v) is 14.8. The van der Waals surface area contributed by atoms with Crippen molar-refractivity contribution in [1.29, 1.82) is 0 Å². The van der Waals surface area contributed by atoms with Crippen LogP contribution in [0.2, 0.25) is 0 Å². The number of rotatable bonds is 0. The molecule has 17 heavy (non-hydrogen) atoms. The Hall–Kier alpha value is 1.80. The van der Waals surface area contributed by atoms with Gasteiger partial charge in [0.25, 0.3) is 0 Å². The minimum atomic E-state index is -5.17. The van der Waals surface area contributed by atoms with Crippen molar-refractivity contribution < 1.29 is 74.3 Å². The molecule has 17 heteroatoms. The molecule has 0 aromatic rings. The van der Waals surface area contributed by atoms with Crippen LogP contribution in [0, 0.1) is 0 Å². The Labute approximate surface area is 149 Å². The molecule has 0 radical (unpaired) electrons. The molecule has 0 aromatic carbocycles. The van der Waals surface area contributed by atoms with Crippen molar-refractivity contribution in [3.8, 4) is 0 Å². The topological polar surface area (TPSA) is 241 Å². The van der Waals surface area contributed by atoms with Crippen LogP contribution in [0.3, 0.4) is 0 Å². The van der Waals surface area contributed by atoms with E-state index in [0.29, 0.717) is 0 Å². The van der Waals surface area contributed by atoms with Gasteiger partial charge in [0.1, 0.15) is 0 Å². The van der Waals surface area contributed by atoms with Crippen LogP contribution in [0.4, 0.5) is 0 Å². The van der Waals surface area contributed by atoms with Crippen molar-refractivity contribution in [3.63, 3.8) is 0 Å². The van der Waals surface area contributed by atoms with E-state index in [1.165, 1.54) is 0 Å². The molecule has 0 saturated heterocycles. The van der Waals surface area contributed by atoms with Gasteiger partial charge in [-0.25, -0.2) is 0 Å². The summed E-state index contributed by atoms with van der Waals surface area (Å²) in [5.74, 6) is 0. The van der Waals surface area contributed by atoms with Crippen LogP contribution in [0.1, 0.15) is 0 Å². The van der Waals surface area contributed by atoms with Gasteiger partial charge in [-0.15, -0.1) is 0 Å². The summed E-state index contributed by atoms with van der Waals surface area (Å²) in [4.78, 5) is 0. The molecule has 96 valence electrons. The average Bonchev–Trinajstić information content (AvgIpc) is 1.41. The molecule has 0 unspecified atom stereocenters. The molecule has 0 bridgehead atoms. The summed E-state index contributed by atoms with van der Waals surface area (Å²) in [6, 6.07) is 0. The van der Waals surface area contributed by atoms with Gasteiger partial charge in [0, 0.05) is 31.2 Å². The minimum Gasteiger partial charge on any atom is -0.759 e. The van der Waals surface area contributed by atoms with Crippen molar-refractivity contribution in [3.05, 3.63) is 0 Å². The van der Waals surface area contributed by atoms with Crippen molar-refractivity contribution in [2.75, 3.05) is 0 Å². The van der Waals surface area contributed by atoms with E-state index in [-0.39, 0.29) is 67.2 Å². The van der Waals surface area contributed by atoms with Gasteiger partial charge in [0.05, 0.1) is 0 Å². The smallest absolute Gasteiger partial charge is 0.759 e. The Balaban J connectivity index is -0.0000000400. The van der Waals surface area contributed by atoms with E-state index in [4.69, 9.17) is 52.6 Å². The molecule has 0 saturated carbocycles. The molecule has 0 aliphatic heterocycles. The molecule has 0 atom stereocenters. The largest absolute Gasteiger partial charge is 4.00 e. The molecule has 0 spiro atoms. The van der Waals surface area contributed by atoms with Crippen molar-refractivity contribution in [2.45, 2.75) is 0 Å². The summed E-state index contributed by atoms with van der Waals surface area (Å²) < 4.78 is 102. The van der Waals surface area contributed by atoms with Crippen LogP contribution in [0.25, 0.3) is 0 Å². The molecule has 0 rings (SSSR count). The van der Waals surface area contributed by atoms with Gasteiger partial charge in [0.2, 0.25) is 0 Å². The third kappa shape index (κ3) is 1370. The Kier molecular flexibility index (Phi) is 23.6. The van der Waals surface area contributed by atoms with Crippen LogP contribution in [-0.4, -0.2) is 98.1 Å². The fraction of sp³-hybridized carbons (Fsp3) is 0. The van der Waals surface area contributed by atoms with E-state index in [9.17, 15) is 0 Å². The number of hydrogen-bond acceptors (Lipinski definition) is 12. The van der Waals surface area contributed by atoms with Crippen molar-refractivity contribution in [1.82, 2.24) is 0 Å². The van der Waals surface area contributed by atoms with Gasteiger partial charge < -0.3 is 27.3 Å². The molecule has 0 aromatic heterocycles. The molecule has 0 fully saturated rings. The quantitative estimate of drug-likeness (QED) is 0.203. The van der Waals surface area contributed by atoms with Crippen molar-refractivity contribution in [2.24, 2.45) is 0 Å². The summed E-state index contributed by atoms with van der Waals surface area (Å²) >= 11 is 0. The Morgan fingerprint density at radius 2 is 0.471 bits per heavy atom. The van der Waals surface area contributed by atoms with Crippen LogP contribution >= 0.6 is 0 Å². The van der Waals surface area contributed by atoms with E-state index >= 15 is 0 Å². The first-order valence-corrected chi connectivity index (χ1v) is 6.00. The van der Waals surface area contributed by atoms with Gasteiger partial charge in [-0.05, 0) is 0 Å². The maximum absolute atomic E-state index is 8.52.